The highest BCUT2D eigenvalue weighted by Crippen LogP contribution is 2.34. The van der Waals surface area contributed by atoms with Gasteiger partial charge < -0.3 is 19.9 Å². The average Bonchev–Trinajstić information content (AvgIpc) is 2.89. The van der Waals surface area contributed by atoms with Crippen LogP contribution in [-0.2, 0) is 6.42 Å². The lowest BCUT2D eigenvalue weighted by molar-refractivity contribution is 0.0974. The van der Waals surface area contributed by atoms with Crippen LogP contribution in [0.25, 0.3) is 22.2 Å². The Kier molecular flexibility index (Phi) is 6.08. The molecule has 0 unspecified atom stereocenters. The molecule has 5 heterocycles. The van der Waals surface area contributed by atoms with E-state index >= 15 is 0 Å². The first-order valence-corrected chi connectivity index (χ1v) is 12.5. The molecular weight excluding hydrogens is 476 g/mol. The number of H-pyrrole nitrogens is 1. The van der Waals surface area contributed by atoms with Crippen LogP contribution < -0.4 is 15.6 Å². The fourth-order valence-electron chi connectivity index (χ4n) is 5.50. The Morgan fingerprint density at radius 1 is 1.11 bits per heavy atom. The Balaban J connectivity index is 1.27. The van der Waals surface area contributed by atoms with Gasteiger partial charge >= 0.3 is 0 Å². The Bertz CT molecular complexity index is 1490. The number of fused-ring (bicyclic) bond motifs is 4. The molecule has 3 fully saturated rings. The van der Waals surface area contributed by atoms with E-state index in [1.807, 2.05) is 12.1 Å². The minimum atomic E-state index is -0.655. The van der Waals surface area contributed by atoms with Gasteiger partial charge in [0, 0.05) is 36.8 Å². The van der Waals surface area contributed by atoms with Crippen LogP contribution in [0.2, 0.25) is 0 Å². The molecule has 9 heteroatoms. The molecule has 4 aromatic rings. The van der Waals surface area contributed by atoms with E-state index < -0.39 is 11.6 Å². The second kappa shape index (κ2) is 9.55. The lowest BCUT2D eigenvalue weighted by atomic mass is 9.84. The Labute approximate surface area is 212 Å². The molecule has 2 N–H and O–H groups in total. The summed E-state index contributed by atoms with van der Waals surface area (Å²) in [5.41, 5.74) is 2.81. The number of halogens is 2. The van der Waals surface area contributed by atoms with E-state index in [2.05, 4.69) is 20.2 Å². The number of ether oxygens (including phenoxy) is 1. The average molecular weight is 504 g/mol. The van der Waals surface area contributed by atoms with Crippen molar-refractivity contribution in [2.24, 2.45) is 5.92 Å². The molecule has 0 radical (unpaired) electrons. The zero-order valence-corrected chi connectivity index (χ0v) is 20.4. The molecule has 0 aliphatic carbocycles. The van der Waals surface area contributed by atoms with Crippen molar-refractivity contribution in [2.45, 2.75) is 25.3 Å². The molecule has 7 nitrogen and oxygen atoms in total. The largest absolute Gasteiger partial charge is 0.495 e. The summed E-state index contributed by atoms with van der Waals surface area (Å²) in [6.07, 6.45) is 4.36. The topological polar surface area (TPSA) is 83.1 Å². The highest BCUT2D eigenvalue weighted by molar-refractivity contribution is 5.85. The number of methoxy groups -OCH3 is 1. The number of benzene rings is 2. The maximum absolute atomic E-state index is 13.6. The van der Waals surface area contributed by atoms with Crippen molar-refractivity contribution in [1.82, 2.24) is 19.9 Å². The third-order valence-corrected chi connectivity index (χ3v) is 7.43. The van der Waals surface area contributed by atoms with Crippen molar-refractivity contribution < 1.29 is 13.5 Å². The smallest absolute Gasteiger partial charge is 0.258 e. The Morgan fingerprint density at radius 2 is 1.89 bits per heavy atom. The standard InChI is InChI=1S/C28H27F2N5O2/c1-37-26-12-21-23(13-24(26)32-25-15-35-6-4-17(25)5-7-35)33-27(34-28(21)36)8-16-2-3-22(31-14-16)18-9-19(29)11-20(30)10-18/h2-3,9-14,17,25,32H,4-8,15H2,1H3,(H,33,34,36)/t25-/m1/s1. The summed E-state index contributed by atoms with van der Waals surface area (Å²) in [5, 5.41) is 4.12. The first kappa shape index (κ1) is 23.5. The molecule has 190 valence electrons. The van der Waals surface area contributed by atoms with E-state index in [1.165, 1.54) is 25.0 Å². The minimum Gasteiger partial charge on any atom is -0.495 e. The van der Waals surface area contributed by atoms with Crippen LogP contribution in [-0.4, -0.2) is 52.6 Å². The van der Waals surface area contributed by atoms with Crippen LogP contribution >= 0.6 is 0 Å². The van der Waals surface area contributed by atoms with Crippen molar-refractivity contribution in [3.8, 4) is 17.0 Å². The monoisotopic (exact) mass is 503 g/mol. The number of rotatable bonds is 6. The second-order valence-corrected chi connectivity index (χ2v) is 9.86. The molecule has 2 bridgehead atoms. The number of hydrogen-bond donors (Lipinski definition) is 2. The van der Waals surface area contributed by atoms with Gasteiger partial charge in [0.2, 0.25) is 0 Å². The zero-order valence-electron chi connectivity index (χ0n) is 20.4. The molecule has 0 saturated carbocycles. The highest BCUT2D eigenvalue weighted by atomic mass is 19.1. The molecule has 7 rings (SSSR count). The predicted molar refractivity (Wildman–Crippen MR) is 138 cm³/mol. The number of hydrogen-bond acceptors (Lipinski definition) is 6. The van der Waals surface area contributed by atoms with E-state index in [0.717, 1.165) is 37.0 Å². The van der Waals surface area contributed by atoms with Crippen LogP contribution in [0.1, 0.15) is 24.2 Å². The molecule has 3 aliphatic rings. The quantitative estimate of drug-likeness (QED) is 0.407. The summed E-state index contributed by atoms with van der Waals surface area (Å²) < 4.78 is 32.7. The fraction of sp³-hybridized carbons (Fsp3) is 0.321. The number of nitrogens with zero attached hydrogens (tertiary/aromatic N) is 3. The molecule has 3 saturated heterocycles. The summed E-state index contributed by atoms with van der Waals surface area (Å²) in [7, 11) is 1.60. The second-order valence-electron chi connectivity index (χ2n) is 9.86. The van der Waals surface area contributed by atoms with Crippen molar-refractivity contribution in [3.05, 3.63) is 82.0 Å². The van der Waals surface area contributed by atoms with Crippen molar-refractivity contribution in [2.75, 3.05) is 32.1 Å². The van der Waals surface area contributed by atoms with Gasteiger partial charge in [-0.3, -0.25) is 9.78 Å². The van der Waals surface area contributed by atoms with Gasteiger partial charge in [-0.25, -0.2) is 13.8 Å². The van der Waals surface area contributed by atoms with Crippen LogP contribution in [0.3, 0.4) is 0 Å². The van der Waals surface area contributed by atoms with Gasteiger partial charge in [0.25, 0.3) is 5.56 Å². The lowest BCUT2D eigenvalue weighted by Gasteiger charge is -2.45. The van der Waals surface area contributed by atoms with E-state index in [9.17, 15) is 13.6 Å². The predicted octanol–water partition coefficient (Wildman–Crippen LogP) is 4.37. The number of aromatic amines is 1. The third kappa shape index (κ3) is 4.79. The lowest BCUT2D eigenvalue weighted by Crippen LogP contribution is -2.53. The molecule has 1 atom stereocenters. The van der Waals surface area contributed by atoms with Gasteiger partial charge in [0.1, 0.15) is 23.2 Å². The van der Waals surface area contributed by atoms with E-state index in [-0.39, 0.29) is 5.56 Å². The first-order valence-electron chi connectivity index (χ1n) is 12.5. The maximum atomic E-state index is 13.6. The number of pyridine rings is 1. The van der Waals surface area contributed by atoms with Crippen molar-refractivity contribution in [1.29, 1.82) is 0 Å². The third-order valence-electron chi connectivity index (χ3n) is 7.43. The molecule has 2 aromatic carbocycles. The van der Waals surface area contributed by atoms with Crippen molar-refractivity contribution in [3.63, 3.8) is 0 Å². The van der Waals surface area contributed by atoms with Gasteiger partial charge in [-0.2, -0.15) is 0 Å². The molecule has 0 spiro atoms. The summed E-state index contributed by atoms with van der Waals surface area (Å²) in [5.74, 6) is 0.448. The summed E-state index contributed by atoms with van der Waals surface area (Å²) in [6.45, 7) is 3.32. The van der Waals surface area contributed by atoms with Gasteiger partial charge in [-0.15, -0.1) is 0 Å². The summed E-state index contributed by atoms with van der Waals surface area (Å²) in [6, 6.07) is 10.8. The molecule has 2 aromatic heterocycles. The molecule has 37 heavy (non-hydrogen) atoms. The number of anilines is 1. The molecular formula is C28H27F2N5O2. The first-order chi connectivity index (χ1) is 17.9. The summed E-state index contributed by atoms with van der Waals surface area (Å²) >= 11 is 0. The van der Waals surface area contributed by atoms with Gasteiger partial charge in [-0.05, 0) is 67.7 Å². The highest BCUT2D eigenvalue weighted by Gasteiger charge is 2.34. The Morgan fingerprint density at radius 3 is 2.54 bits per heavy atom. The normalized spacial score (nSPS) is 20.8. The minimum absolute atomic E-state index is 0.243. The zero-order chi connectivity index (χ0) is 25.5. The van der Waals surface area contributed by atoms with Crippen molar-refractivity contribution >= 4 is 16.6 Å². The van der Waals surface area contributed by atoms with Gasteiger partial charge in [0.15, 0.2) is 0 Å². The Hall–Kier alpha value is -3.85. The van der Waals surface area contributed by atoms with E-state index in [1.54, 1.807) is 25.4 Å². The van der Waals surface area contributed by atoms with Crippen LogP contribution in [0.15, 0.2) is 53.5 Å². The van der Waals surface area contributed by atoms with Crippen LogP contribution in [0.5, 0.6) is 5.75 Å². The van der Waals surface area contributed by atoms with Crippen LogP contribution in [0, 0.1) is 17.6 Å². The van der Waals surface area contributed by atoms with Gasteiger partial charge in [-0.1, -0.05) is 6.07 Å². The van der Waals surface area contributed by atoms with Crippen LogP contribution in [0.4, 0.5) is 14.5 Å². The number of piperidine rings is 3. The SMILES string of the molecule is COc1cc2c(=O)[nH]c(Cc3ccc(-c4cc(F)cc(F)c4)nc3)nc2cc1N[C@@H]1CN2CCC1CC2. The maximum Gasteiger partial charge on any atom is 0.258 e. The van der Waals surface area contributed by atoms with E-state index in [4.69, 9.17) is 9.72 Å². The summed E-state index contributed by atoms with van der Waals surface area (Å²) in [4.78, 5) is 27.3. The molecule has 3 aliphatic heterocycles. The number of nitrogens with one attached hydrogen (secondary N) is 2. The fourth-order valence-corrected chi connectivity index (χ4v) is 5.50. The van der Waals surface area contributed by atoms with E-state index in [0.29, 0.717) is 52.1 Å². The van der Waals surface area contributed by atoms with Gasteiger partial charge in [0.05, 0.1) is 29.4 Å². The number of aromatic nitrogens is 3. The molecule has 0 amide bonds.